The standard InChI is InChI=1S/C33H37F2N5O4S/c1-15(2)11-23(42)39-9-7-17(8-10-39)13-40-22(16(3)41)14-44-29-19-12-20-25-18(5-6-21(34)30(25)45-31(20)36)24(19)27(35)28-26(29)32(40)38-33(37-28)43-4/h5-6,15-17,22,41H,7-14,36H2,1-4H3. The predicted molar refractivity (Wildman–Crippen MR) is 171 cm³/mol. The van der Waals surface area contributed by atoms with Gasteiger partial charge in [0, 0.05) is 49.0 Å². The first-order valence-electron chi connectivity index (χ1n) is 15.5. The predicted octanol–water partition coefficient (Wildman–Crippen LogP) is 5.52. The lowest BCUT2D eigenvalue weighted by Gasteiger charge is -2.39. The maximum absolute atomic E-state index is 16.9. The minimum Gasteiger partial charge on any atom is -0.490 e. The van der Waals surface area contributed by atoms with E-state index in [-0.39, 0.29) is 36.4 Å². The molecule has 1 amide bonds. The van der Waals surface area contributed by atoms with Gasteiger partial charge in [-0.15, -0.1) is 11.3 Å². The number of carbonyl (C=O) groups excluding carboxylic acids is 1. The van der Waals surface area contributed by atoms with Crippen LogP contribution in [0, 0.1) is 23.5 Å². The van der Waals surface area contributed by atoms with Gasteiger partial charge in [0.1, 0.15) is 29.5 Å². The summed E-state index contributed by atoms with van der Waals surface area (Å²) in [6.07, 6.45) is 1.58. The summed E-state index contributed by atoms with van der Waals surface area (Å²) >= 11 is 1.16. The van der Waals surface area contributed by atoms with Gasteiger partial charge in [-0.05, 0) is 48.8 Å². The molecule has 2 aromatic carbocycles. The van der Waals surface area contributed by atoms with Crippen LogP contribution >= 0.6 is 11.3 Å². The van der Waals surface area contributed by atoms with Crippen molar-refractivity contribution in [3.05, 3.63) is 34.9 Å². The Morgan fingerprint density at radius 2 is 1.93 bits per heavy atom. The number of likely N-dealkylation sites (tertiary alicyclic amines) is 1. The minimum absolute atomic E-state index is 0.00632. The van der Waals surface area contributed by atoms with Crippen molar-refractivity contribution < 1.29 is 28.2 Å². The number of ether oxygens (including phenoxy) is 2. The molecular weight excluding hydrogens is 600 g/mol. The van der Waals surface area contributed by atoms with Crippen molar-refractivity contribution in [3.8, 4) is 22.9 Å². The first-order chi connectivity index (χ1) is 21.6. The third kappa shape index (κ3) is 4.84. The number of aliphatic hydroxyl groups excluding tert-OH is 1. The summed E-state index contributed by atoms with van der Waals surface area (Å²) in [6, 6.07) is 2.43. The number of nitrogen functional groups attached to an aromatic ring is 1. The number of amides is 1. The van der Waals surface area contributed by atoms with Gasteiger partial charge >= 0.3 is 6.01 Å². The van der Waals surface area contributed by atoms with Gasteiger partial charge < -0.3 is 30.1 Å². The van der Waals surface area contributed by atoms with Crippen molar-refractivity contribution in [2.45, 2.75) is 58.6 Å². The van der Waals surface area contributed by atoms with Gasteiger partial charge in [0.2, 0.25) is 5.91 Å². The van der Waals surface area contributed by atoms with Crippen molar-refractivity contribution in [1.82, 2.24) is 14.9 Å². The summed E-state index contributed by atoms with van der Waals surface area (Å²) in [5.41, 5.74) is 8.64. The van der Waals surface area contributed by atoms with Crippen LogP contribution in [-0.4, -0.2) is 71.4 Å². The first kappa shape index (κ1) is 29.9. The molecule has 7 rings (SSSR count). The van der Waals surface area contributed by atoms with E-state index in [0.29, 0.717) is 80.7 Å². The Hall–Kier alpha value is -3.77. The van der Waals surface area contributed by atoms with Gasteiger partial charge in [-0.3, -0.25) is 4.79 Å². The molecule has 2 aliphatic heterocycles. The number of hydrogen-bond acceptors (Lipinski definition) is 9. The molecule has 2 aromatic heterocycles. The summed E-state index contributed by atoms with van der Waals surface area (Å²) in [5.74, 6) is 0.598. The number of halogens is 2. The number of anilines is 2. The van der Waals surface area contributed by atoms with Crippen LogP contribution < -0.4 is 20.1 Å². The topological polar surface area (TPSA) is 114 Å². The molecule has 1 fully saturated rings. The molecule has 4 aromatic rings. The fraction of sp³-hybridized carbons (Fsp3) is 0.485. The molecule has 2 atom stereocenters. The van der Waals surface area contributed by atoms with Gasteiger partial charge in [-0.2, -0.15) is 9.97 Å². The van der Waals surface area contributed by atoms with Gasteiger partial charge in [0.25, 0.3) is 0 Å². The fourth-order valence-electron chi connectivity index (χ4n) is 7.19. The summed E-state index contributed by atoms with van der Waals surface area (Å²) < 4.78 is 44.1. The first-order valence-corrected chi connectivity index (χ1v) is 16.3. The van der Waals surface area contributed by atoms with E-state index in [1.165, 1.54) is 13.2 Å². The largest absolute Gasteiger partial charge is 0.490 e. The quantitative estimate of drug-likeness (QED) is 0.250. The molecule has 9 nitrogen and oxygen atoms in total. The Labute approximate surface area is 263 Å². The van der Waals surface area contributed by atoms with Crippen molar-refractivity contribution in [2.24, 2.45) is 11.8 Å². The lowest BCUT2D eigenvalue weighted by Crippen LogP contribution is -2.50. The highest BCUT2D eigenvalue weighted by Crippen LogP contribution is 2.53. The molecule has 3 aliphatic rings. The van der Waals surface area contributed by atoms with Gasteiger partial charge in [0.15, 0.2) is 5.82 Å². The van der Waals surface area contributed by atoms with E-state index in [2.05, 4.69) is 4.98 Å². The van der Waals surface area contributed by atoms with Crippen LogP contribution in [0.3, 0.4) is 0 Å². The number of thiophene rings is 1. The molecule has 3 N–H and O–H groups in total. The molecule has 0 bridgehead atoms. The SMILES string of the molecule is COc1nc2c3c(c4c(c(F)c3n1)-c1ccc(F)c3sc(N)c(c13)C4)OCC(C(C)O)N2CC1CCN(C(=O)CC(C)C)CC1. The summed E-state index contributed by atoms with van der Waals surface area (Å²) in [7, 11) is 1.43. The third-order valence-electron chi connectivity index (χ3n) is 9.46. The van der Waals surface area contributed by atoms with Gasteiger partial charge in [0.05, 0.1) is 34.3 Å². The number of fused-ring (bicyclic) bond motifs is 3. The number of hydrogen-bond donors (Lipinski definition) is 2. The average Bonchev–Trinajstić information content (AvgIpc) is 3.26. The van der Waals surface area contributed by atoms with Crippen molar-refractivity contribution in [1.29, 1.82) is 0 Å². The number of aliphatic hydroxyl groups is 1. The normalized spacial score (nSPS) is 18.7. The maximum Gasteiger partial charge on any atom is 0.318 e. The monoisotopic (exact) mass is 637 g/mol. The van der Waals surface area contributed by atoms with Crippen LogP contribution in [0.5, 0.6) is 11.8 Å². The van der Waals surface area contributed by atoms with Crippen LogP contribution in [0.4, 0.5) is 19.6 Å². The van der Waals surface area contributed by atoms with Crippen molar-refractivity contribution >= 4 is 49.1 Å². The van der Waals surface area contributed by atoms with E-state index in [4.69, 9.17) is 20.2 Å². The molecular formula is C33H37F2N5O4S. The zero-order valence-electron chi connectivity index (χ0n) is 25.8. The van der Waals surface area contributed by atoms with Crippen molar-refractivity contribution in [2.75, 3.05) is 44.0 Å². The second-order valence-electron chi connectivity index (χ2n) is 12.9. The third-order valence-corrected chi connectivity index (χ3v) is 10.5. The number of nitrogens with zero attached hydrogens (tertiary/aromatic N) is 4. The second kappa shape index (κ2) is 11.2. The molecule has 0 saturated carbocycles. The second-order valence-corrected chi connectivity index (χ2v) is 13.9. The Morgan fingerprint density at radius 1 is 1.18 bits per heavy atom. The Bertz CT molecular complexity index is 1840. The smallest absolute Gasteiger partial charge is 0.318 e. The molecule has 238 valence electrons. The van der Waals surface area contributed by atoms with Crippen LogP contribution in [0.15, 0.2) is 12.1 Å². The number of aromatic nitrogens is 2. The zero-order chi connectivity index (χ0) is 31.7. The molecule has 1 aliphatic carbocycles. The van der Waals surface area contributed by atoms with Crippen LogP contribution in [0.25, 0.3) is 32.1 Å². The van der Waals surface area contributed by atoms with E-state index in [9.17, 15) is 14.3 Å². The average molecular weight is 638 g/mol. The molecule has 2 unspecified atom stereocenters. The minimum atomic E-state index is -0.806. The Morgan fingerprint density at radius 3 is 2.62 bits per heavy atom. The molecule has 0 radical (unpaired) electrons. The summed E-state index contributed by atoms with van der Waals surface area (Å²) in [5, 5.41) is 12.6. The number of carbonyl (C=O) groups is 1. The van der Waals surface area contributed by atoms with Crippen LogP contribution in [-0.2, 0) is 11.2 Å². The number of nitrogens with two attached hydrogens (primary N) is 1. The zero-order valence-corrected chi connectivity index (χ0v) is 26.6. The number of piperidine rings is 1. The summed E-state index contributed by atoms with van der Waals surface area (Å²) in [6.45, 7) is 7.79. The molecule has 1 saturated heterocycles. The Balaban J connectivity index is 1.36. The van der Waals surface area contributed by atoms with E-state index in [0.717, 1.165) is 29.7 Å². The van der Waals surface area contributed by atoms with E-state index < -0.39 is 23.8 Å². The fourth-order valence-corrected chi connectivity index (χ4v) is 8.21. The molecule has 12 heteroatoms. The number of rotatable bonds is 6. The lowest BCUT2D eigenvalue weighted by atomic mass is 9.84. The van der Waals surface area contributed by atoms with Crippen molar-refractivity contribution in [3.63, 3.8) is 0 Å². The highest BCUT2D eigenvalue weighted by atomic mass is 32.1. The van der Waals surface area contributed by atoms with E-state index >= 15 is 4.39 Å². The van der Waals surface area contributed by atoms with Gasteiger partial charge in [-0.25, -0.2) is 8.78 Å². The lowest BCUT2D eigenvalue weighted by molar-refractivity contribution is -0.133. The van der Waals surface area contributed by atoms with E-state index in [1.807, 2.05) is 23.6 Å². The highest BCUT2D eigenvalue weighted by molar-refractivity contribution is 7.23. The molecule has 4 heterocycles. The van der Waals surface area contributed by atoms with Crippen LogP contribution in [0.1, 0.15) is 51.2 Å². The molecule has 0 spiro atoms. The number of benzene rings is 2. The highest BCUT2D eigenvalue weighted by Gasteiger charge is 2.39. The maximum atomic E-state index is 16.9. The van der Waals surface area contributed by atoms with Crippen LogP contribution in [0.2, 0.25) is 0 Å². The molecule has 45 heavy (non-hydrogen) atoms. The Kier molecular flexibility index (Phi) is 7.47. The van der Waals surface area contributed by atoms with Gasteiger partial charge in [-0.1, -0.05) is 19.9 Å². The van der Waals surface area contributed by atoms with E-state index in [1.54, 1.807) is 13.0 Å². The summed E-state index contributed by atoms with van der Waals surface area (Å²) in [4.78, 5) is 25.9. The number of methoxy groups -OCH3 is 1.